The predicted molar refractivity (Wildman–Crippen MR) is 78.5 cm³/mol. The number of hydrogen-bond acceptors (Lipinski definition) is 3. The number of rotatable bonds is 4. The van der Waals surface area contributed by atoms with Crippen LogP contribution in [-0.4, -0.2) is 26.0 Å². The van der Waals surface area contributed by atoms with Gasteiger partial charge in [0.1, 0.15) is 0 Å². The summed E-state index contributed by atoms with van der Waals surface area (Å²) in [6.45, 7) is 3.04. The summed E-state index contributed by atoms with van der Waals surface area (Å²) in [7, 11) is 3.31. The molecule has 0 amide bonds. The summed E-state index contributed by atoms with van der Waals surface area (Å²) in [6, 6.07) is 4.97. The molecule has 0 fully saturated rings. The number of imidazole rings is 1. The van der Waals surface area contributed by atoms with Crippen LogP contribution >= 0.6 is 0 Å². The number of nitrogens with zero attached hydrogens (tertiary/aromatic N) is 2. The first-order chi connectivity index (χ1) is 9.65. The number of carboxylic acids is 1. The van der Waals surface area contributed by atoms with Gasteiger partial charge in [-0.15, -0.1) is 0 Å². The van der Waals surface area contributed by atoms with Crippen molar-refractivity contribution in [2.24, 2.45) is 19.5 Å². The first kappa shape index (κ1) is 15.0. The molecule has 0 aliphatic heterocycles. The van der Waals surface area contributed by atoms with E-state index in [4.69, 9.17) is 5.11 Å². The number of carboxylic acid groups (broad SMARTS) is 1. The zero-order valence-electron chi connectivity index (χ0n) is 12.5. The first-order valence-corrected chi connectivity index (χ1v) is 6.57. The first-order valence-electron chi connectivity index (χ1n) is 6.57. The van der Waals surface area contributed by atoms with Crippen molar-refractivity contribution < 1.29 is 14.7 Å². The lowest BCUT2D eigenvalue weighted by Gasteiger charge is -2.17. The molecule has 0 saturated heterocycles. The fourth-order valence-electron chi connectivity index (χ4n) is 2.26. The van der Waals surface area contributed by atoms with E-state index in [-0.39, 0.29) is 17.9 Å². The van der Waals surface area contributed by atoms with Crippen molar-refractivity contribution in [3.05, 3.63) is 34.2 Å². The third kappa shape index (κ3) is 2.49. The quantitative estimate of drug-likeness (QED) is 0.866. The topological polar surface area (TPSA) is 81.3 Å². The van der Waals surface area contributed by atoms with Gasteiger partial charge >= 0.3 is 11.7 Å². The summed E-state index contributed by atoms with van der Waals surface area (Å²) in [5.41, 5.74) is 0.519. The molecule has 0 aliphatic rings. The second-order valence-corrected chi connectivity index (χ2v) is 5.89. The maximum atomic E-state index is 12.3. The van der Waals surface area contributed by atoms with Crippen LogP contribution in [0.3, 0.4) is 0 Å². The lowest BCUT2D eigenvalue weighted by Crippen LogP contribution is -2.26. The van der Waals surface area contributed by atoms with E-state index < -0.39 is 11.4 Å². The number of carbonyl (C=O) groups excluding carboxylic acids is 1. The van der Waals surface area contributed by atoms with E-state index in [2.05, 4.69) is 0 Å². The molecule has 0 radical (unpaired) electrons. The maximum Gasteiger partial charge on any atom is 0.328 e. The van der Waals surface area contributed by atoms with Gasteiger partial charge in [-0.1, -0.05) is 0 Å². The number of fused-ring (bicyclic) bond motifs is 1. The smallest absolute Gasteiger partial charge is 0.328 e. The van der Waals surface area contributed by atoms with Gasteiger partial charge in [0.25, 0.3) is 0 Å². The number of ketones is 1. The molecule has 21 heavy (non-hydrogen) atoms. The summed E-state index contributed by atoms with van der Waals surface area (Å²) in [5, 5.41) is 9.09. The van der Waals surface area contributed by atoms with Crippen molar-refractivity contribution in [1.82, 2.24) is 9.13 Å². The Balaban J connectivity index is 2.44. The summed E-state index contributed by atoms with van der Waals surface area (Å²) >= 11 is 0. The largest absolute Gasteiger partial charge is 0.481 e. The van der Waals surface area contributed by atoms with Crippen LogP contribution in [0.1, 0.15) is 30.6 Å². The van der Waals surface area contributed by atoms with Crippen molar-refractivity contribution in [3.63, 3.8) is 0 Å². The van der Waals surface area contributed by atoms with Gasteiger partial charge in [0.15, 0.2) is 5.78 Å². The summed E-state index contributed by atoms with van der Waals surface area (Å²) in [4.78, 5) is 35.2. The highest BCUT2D eigenvalue weighted by Crippen LogP contribution is 2.24. The molecule has 6 heteroatoms. The zero-order chi connectivity index (χ0) is 15.9. The van der Waals surface area contributed by atoms with Crippen LogP contribution in [0.15, 0.2) is 23.0 Å². The number of aryl methyl sites for hydroxylation is 2. The molecule has 1 heterocycles. The number of aromatic nitrogens is 2. The zero-order valence-corrected chi connectivity index (χ0v) is 12.5. The highest BCUT2D eigenvalue weighted by Gasteiger charge is 2.30. The molecular weight excluding hydrogens is 272 g/mol. The average Bonchev–Trinajstić information content (AvgIpc) is 2.63. The number of benzene rings is 1. The highest BCUT2D eigenvalue weighted by atomic mass is 16.4. The van der Waals surface area contributed by atoms with Gasteiger partial charge in [0, 0.05) is 26.1 Å². The van der Waals surface area contributed by atoms with E-state index in [1.54, 1.807) is 32.3 Å². The van der Waals surface area contributed by atoms with Crippen LogP contribution in [0.25, 0.3) is 11.0 Å². The van der Waals surface area contributed by atoms with Crippen LogP contribution in [0.5, 0.6) is 0 Å². The second kappa shape index (κ2) is 4.87. The molecule has 1 N–H and O–H groups in total. The van der Waals surface area contributed by atoms with E-state index in [0.717, 1.165) is 5.52 Å². The molecule has 1 aromatic carbocycles. The third-order valence-electron chi connectivity index (χ3n) is 3.78. The Morgan fingerprint density at radius 1 is 1.14 bits per heavy atom. The fourth-order valence-corrected chi connectivity index (χ4v) is 2.26. The summed E-state index contributed by atoms with van der Waals surface area (Å²) in [6.07, 6.45) is -0.0887. The van der Waals surface area contributed by atoms with Gasteiger partial charge in [0.05, 0.1) is 16.4 Å². The van der Waals surface area contributed by atoms with Crippen LogP contribution in [0.2, 0.25) is 0 Å². The van der Waals surface area contributed by atoms with E-state index >= 15 is 0 Å². The molecule has 0 atom stereocenters. The van der Waals surface area contributed by atoms with Crippen molar-refractivity contribution in [2.45, 2.75) is 20.3 Å². The minimum Gasteiger partial charge on any atom is -0.481 e. The molecule has 0 aliphatic carbocycles. The van der Waals surface area contributed by atoms with Crippen LogP contribution < -0.4 is 5.69 Å². The molecule has 2 rings (SSSR count). The number of carbonyl (C=O) groups is 2. The molecule has 6 nitrogen and oxygen atoms in total. The van der Waals surface area contributed by atoms with E-state index in [0.29, 0.717) is 11.1 Å². The molecule has 1 aromatic heterocycles. The predicted octanol–water partition coefficient (Wildman–Crippen LogP) is 1.56. The van der Waals surface area contributed by atoms with Crippen LogP contribution in [-0.2, 0) is 18.9 Å². The molecule has 0 spiro atoms. The molecular formula is C15H18N2O4. The summed E-state index contributed by atoms with van der Waals surface area (Å²) < 4.78 is 2.97. The monoisotopic (exact) mass is 290 g/mol. The SMILES string of the molecule is Cn1c(=O)n(C)c2cc(C(=O)CC(C)(C)C(=O)O)ccc21. The Bertz CT molecular complexity index is 796. The van der Waals surface area contributed by atoms with Crippen LogP contribution in [0, 0.1) is 5.41 Å². The van der Waals surface area contributed by atoms with E-state index in [9.17, 15) is 14.4 Å². The van der Waals surface area contributed by atoms with Crippen molar-refractivity contribution in [3.8, 4) is 0 Å². The fraction of sp³-hybridized carbons (Fsp3) is 0.400. The Labute approximate surface area is 121 Å². The lowest BCUT2D eigenvalue weighted by atomic mass is 9.85. The standard InChI is InChI=1S/C15H18N2O4/c1-15(2,13(19)20)8-12(18)9-5-6-10-11(7-9)17(4)14(21)16(10)3/h5-7H,8H2,1-4H3,(H,19,20). The Kier molecular flexibility index (Phi) is 3.49. The second-order valence-electron chi connectivity index (χ2n) is 5.89. The van der Waals surface area contributed by atoms with Gasteiger partial charge in [-0.2, -0.15) is 0 Å². The van der Waals surface area contributed by atoms with E-state index in [1.165, 1.54) is 23.0 Å². The van der Waals surface area contributed by atoms with Gasteiger partial charge in [-0.3, -0.25) is 18.7 Å². The highest BCUT2D eigenvalue weighted by molar-refractivity contribution is 6.01. The maximum absolute atomic E-state index is 12.3. The molecule has 2 aromatic rings. The molecule has 0 bridgehead atoms. The van der Waals surface area contributed by atoms with Gasteiger partial charge in [-0.25, -0.2) is 4.79 Å². The van der Waals surface area contributed by atoms with Crippen molar-refractivity contribution >= 4 is 22.8 Å². The molecule has 112 valence electrons. The number of aliphatic carboxylic acids is 1. The molecule has 0 unspecified atom stereocenters. The number of Topliss-reactive ketones (excluding diaryl/α,β-unsaturated/α-hetero) is 1. The van der Waals surface area contributed by atoms with Gasteiger partial charge in [-0.05, 0) is 32.0 Å². The Morgan fingerprint density at radius 2 is 1.71 bits per heavy atom. The minimum atomic E-state index is -1.12. The van der Waals surface area contributed by atoms with Gasteiger partial charge in [0.2, 0.25) is 0 Å². The minimum absolute atomic E-state index is 0.0887. The third-order valence-corrected chi connectivity index (χ3v) is 3.78. The van der Waals surface area contributed by atoms with Crippen molar-refractivity contribution in [1.29, 1.82) is 0 Å². The number of hydrogen-bond donors (Lipinski definition) is 1. The average molecular weight is 290 g/mol. The Hall–Kier alpha value is -2.37. The normalized spacial score (nSPS) is 11.8. The summed E-state index contributed by atoms with van der Waals surface area (Å²) in [5.74, 6) is -1.26. The molecule has 0 saturated carbocycles. The van der Waals surface area contributed by atoms with Gasteiger partial charge < -0.3 is 5.11 Å². The Morgan fingerprint density at radius 3 is 2.29 bits per heavy atom. The van der Waals surface area contributed by atoms with Crippen LogP contribution in [0.4, 0.5) is 0 Å². The lowest BCUT2D eigenvalue weighted by molar-refractivity contribution is -0.146. The van der Waals surface area contributed by atoms with E-state index in [1.807, 2.05) is 0 Å². The van der Waals surface area contributed by atoms with Crippen molar-refractivity contribution in [2.75, 3.05) is 0 Å².